The van der Waals surface area contributed by atoms with Crippen molar-refractivity contribution >= 4 is 40.3 Å². The van der Waals surface area contributed by atoms with Crippen LogP contribution in [-0.4, -0.2) is 17.4 Å². The quantitative estimate of drug-likeness (QED) is 0.197. The number of nitrogens with two attached hydrogens (primary N) is 1. The fourth-order valence-electron chi connectivity index (χ4n) is 2.27. The fraction of sp³-hybridized carbons (Fsp3) is 0.158. The van der Waals surface area contributed by atoms with E-state index >= 15 is 0 Å². The van der Waals surface area contributed by atoms with Gasteiger partial charge >= 0.3 is 0 Å². The molecule has 0 spiro atoms. The molecule has 0 aromatic heterocycles. The van der Waals surface area contributed by atoms with Gasteiger partial charge in [-0.1, -0.05) is 0 Å². The lowest BCUT2D eigenvalue weighted by molar-refractivity contribution is -0.384. The summed E-state index contributed by atoms with van der Waals surface area (Å²) in [4.78, 5) is 21.5. The number of ether oxygens (including phenoxy) is 2. The van der Waals surface area contributed by atoms with E-state index in [4.69, 9.17) is 20.5 Å². The van der Waals surface area contributed by atoms with Gasteiger partial charge in [0.2, 0.25) is 0 Å². The molecule has 0 radical (unpaired) electrons. The van der Waals surface area contributed by atoms with Crippen molar-refractivity contribution in [3.05, 3.63) is 66.8 Å². The number of hydrogen-bond acceptors (Lipinski definition) is 6. The lowest BCUT2D eigenvalue weighted by Crippen LogP contribution is -2.12. The minimum Gasteiger partial charge on any atom is -0.490 e. The van der Waals surface area contributed by atoms with Crippen LogP contribution in [-0.2, 0) is 11.4 Å². The molecule has 0 unspecified atom stereocenters. The van der Waals surface area contributed by atoms with Gasteiger partial charge in [-0.2, -0.15) is 5.26 Å². The third-order valence-electron chi connectivity index (χ3n) is 3.56. The van der Waals surface area contributed by atoms with Gasteiger partial charge in [0.1, 0.15) is 18.2 Å². The minimum absolute atomic E-state index is 0.00669. The zero-order chi connectivity index (χ0) is 20.7. The molecular weight excluding hydrogens is 477 g/mol. The standard InChI is InChI=1S/C19H16IN3O5/c1-2-27-17-9-13(7-14(10-21)19(22)24)8-16(20)18(17)28-11-12-3-5-15(6-4-12)23(25)26/h3-9H,2,11H2,1H3,(H2,22,24)/b14-7+. The molecular formula is C19H16IN3O5. The molecule has 0 aliphatic rings. The summed E-state index contributed by atoms with van der Waals surface area (Å²) in [5, 5.41) is 19.7. The molecule has 1 amide bonds. The van der Waals surface area contributed by atoms with Gasteiger partial charge in [0.25, 0.3) is 11.6 Å². The second kappa shape index (κ2) is 9.70. The summed E-state index contributed by atoms with van der Waals surface area (Å²) in [5.41, 5.74) is 6.34. The number of nitro groups is 1. The molecule has 0 aliphatic heterocycles. The monoisotopic (exact) mass is 493 g/mol. The van der Waals surface area contributed by atoms with E-state index in [1.807, 2.05) is 6.92 Å². The van der Waals surface area contributed by atoms with Crippen molar-refractivity contribution in [2.24, 2.45) is 5.73 Å². The molecule has 8 nitrogen and oxygen atoms in total. The van der Waals surface area contributed by atoms with Crippen LogP contribution in [0.25, 0.3) is 6.08 Å². The second-order valence-electron chi connectivity index (χ2n) is 5.51. The van der Waals surface area contributed by atoms with Gasteiger partial charge in [0.05, 0.1) is 15.1 Å². The molecule has 2 aromatic carbocycles. The van der Waals surface area contributed by atoms with Crippen LogP contribution in [0.3, 0.4) is 0 Å². The highest BCUT2D eigenvalue weighted by Gasteiger charge is 2.14. The Kier molecular flexibility index (Phi) is 7.34. The Balaban J connectivity index is 2.29. The van der Waals surface area contributed by atoms with Crippen LogP contribution in [0.4, 0.5) is 5.69 Å². The summed E-state index contributed by atoms with van der Waals surface area (Å²) in [6.07, 6.45) is 1.38. The van der Waals surface area contributed by atoms with Gasteiger partial charge in [-0.25, -0.2) is 0 Å². The lowest BCUT2D eigenvalue weighted by atomic mass is 10.1. The number of hydrogen-bond donors (Lipinski definition) is 1. The van der Waals surface area contributed by atoms with Crippen molar-refractivity contribution in [2.45, 2.75) is 13.5 Å². The molecule has 28 heavy (non-hydrogen) atoms. The Bertz CT molecular complexity index is 965. The maximum Gasteiger partial charge on any atom is 0.269 e. The Labute approximate surface area is 174 Å². The first-order valence-corrected chi connectivity index (χ1v) is 9.17. The van der Waals surface area contributed by atoms with E-state index < -0.39 is 10.8 Å². The van der Waals surface area contributed by atoms with Gasteiger partial charge < -0.3 is 15.2 Å². The number of carbonyl (C=O) groups excluding carboxylic acids is 1. The highest BCUT2D eigenvalue weighted by atomic mass is 127. The van der Waals surface area contributed by atoms with E-state index in [1.165, 1.54) is 18.2 Å². The van der Waals surface area contributed by atoms with Gasteiger partial charge in [0, 0.05) is 12.1 Å². The highest BCUT2D eigenvalue weighted by molar-refractivity contribution is 14.1. The summed E-state index contributed by atoms with van der Waals surface area (Å²) >= 11 is 2.06. The zero-order valence-corrected chi connectivity index (χ0v) is 17.0. The fourth-order valence-corrected chi connectivity index (χ4v) is 3.05. The first-order chi connectivity index (χ1) is 13.3. The van der Waals surface area contributed by atoms with Crippen LogP contribution >= 0.6 is 22.6 Å². The summed E-state index contributed by atoms with van der Waals surface area (Å²) in [6.45, 7) is 2.39. The molecule has 0 fully saturated rings. The maximum atomic E-state index is 11.3. The third-order valence-corrected chi connectivity index (χ3v) is 4.36. The van der Waals surface area contributed by atoms with Crippen LogP contribution in [0.5, 0.6) is 11.5 Å². The first-order valence-electron chi connectivity index (χ1n) is 8.09. The number of benzene rings is 2. The number of halogens is 1. The number of nitriles is 1. The van der Waals surface area contributed by atoms with E-state index in [2.05, 4.69) is 22.6 Å². The molecule has 0 aliphatic carbocycles. The van der Waals surface area contributed by atoms with E-state index in [0.29, 0.717) is 27.2 Å². The largest absolute Gasteiger partial charge is 0.490 e. The summed E-state index contributed by atoms with van der Waals surface area (Å²) in [5.74, 6) is 0.133. The number of primary amides is 1. The topological polar surface area (TPSA) is 128 Å². The summed E-state index contributed by atoms with van der Waals surface area (Å²) in [7, 11) is 0. The SMILES string of the molecule is CCOc1cc(/C=C(\C#N)C(N)=O)cc(I)c1OCc1ccc([N+](=O)[O-])cc1. The zero-order valence-electron chi connectivity index (χ0n) is 14.8. The molecule has 2 aromatic rings. The Hall–Kier alpha value is -3.13. The average Bonchev–Trinajstić information content (AvgIpc) is 2.65. The molecule has 2 rings (SSSR count). The van der Waals surface area contributed by atoms with Crippen molar-refractivity contribution in [1.82, 2.24) is 0 Å². The smallest absolute Gasteiger partial charge is 0.269 e. The van der Waals surface area contributed by atoms with Crippen LogP contribution in [0, 0.1) is 25.0 Å². The average molecular weight is 493 g/mol. The lowest BCUT2D eigenvalue weighted by Gasteiger charge is -2.15. The Morgan fingerprint density at radius 1 is 1.32 bits per heavy atom. The summed E-state index contributed by atoms with van der Waals surface area (Å²) < 4.78 is 12.2. The number of carbonyl (C=O) groups is 1. The van der Waals surface area contributed by atoms with E-state index in [-0.39, 0.29) is 17.9 Å². The van der Waals surface area contributed by atoms with E-state index in [1.54, 1.807) is 30.3 Å². The van der Waals surface area contributed by atoms with Crippen LogP contribution in [0.15, 0.2) is 42.0 Å². The summed E-state index contributed by atoms with van der Waals surface area (Å²) in [6, 6.07) is 11.2. The van der Waals surface area contributed by atoms with E-state index in [9.17, 15) is 14.9 Å². The van der Waals surface area contributed by atoms with Crippen LogP contribution in [0.1, 0.15) is 18.1 Å². The van der Waals surface area contributed by atoms with Crippen molar-refractivity contribution in [1.29, 1.82) is 5.26 Å². The molecule has 2 N–H and O–H groups in total. The van der Waals surface area contributed by atoms with Crippen LogP contribution < -0.4 is 15.2 Å². The predicted molar refractivity (Wildman–Crippen MR) is 111 cm³/mol. The number of nitro benzene ring substituents is 1. The van der Waals surface area contributed by atoms with Gasteiger partial charge in [-0.3, -0.25) is 14.9 Å². The van der Waals surface area contributed by atoms with Crippen molar-refractivity contribution in [2.75, 3.05) is 6.61 Å². The number of non-ortho nitro benzene ring substituents is 1. The van der Waals surface area contributed by atoms with Gasteiger partial charge in [-0.15, -0.1) is 0 Å². The normalized spacial score (nSPS) is 10.8. The molecule has 0 atom stereocenters. The molecule has 144 valence electrons. The first kappa shape index (κ1) is 21.2. The Morgan fingerprint density at radius 3 is 2.54 bits per heavy atom. The molecule has 0 heterocycles. The van der Waals surface area contributed by atoms with Crippen LogP contribution in [0.2, 0.25) is 0 Å². The molecule has 9 heteroatoms. The predicted octanol–water partition coefficient (Wildman–Crippen LogP) is 3.57. The molecule has 0 bridgehead atoms. The minimum atomic E-state index is -0.811. The number of amides is 1. The highest BCUT2D eigenvalue weighted by Crippen LogP contribution is 2.35. The van der Waals surface area contributed by atoms with Crippen molar-refractivity contribution in [3.8, 4) is 17.6 Å². The number of rotatable bonds is 8. The van der Waals surface area contributed by atoms with Crippen molar-refractivity contribution in [3.63, 3.8) is 0 Å². The van der Waals surface area contributed by atoms with E-state index in [0.717, 1.165) is 5.56 Å². The molecule has 0 saturated heterocycles. The maximum absolute atomic E-state index is 11.3. The number of nitrogens with zero attached hydrogens (tertiary/aromatic N) is 2. The second-order valence-corrected chi connectivity index (χ2v) is 6.67. The third kappa shape index (κ3) is 5.43. The molecule has 0 saturated carbocycles. The Morgan fingerprint density at radius 2 is 2.00 bits per heavy atom. The van der Waals surface area contributed by atoms with Gasteiger partial charge in [0.15, 0.2) is 11.5 Å². The van der Waals surface area contributed by atoms with Crippen molar-refractivity contribution < 1.29 is 19.2 Å². The van der Waals surface area contributed by atoms with Gasteiger partial charge in [-0.05, 0) is 71.0 Å².